The lowest BCUT2D eigenvalue weighted by atomic mass is 10.1. The second kappa shape index (κ2) is 4.84. The van der Waals surface area contributed by atoms with Crippen LogP contribution in [0.3, 0.4) is 0 Å². The molecule has 0 spiro atoms. The molecule has 0 saturated carbocycles. The summed E-state index contributed by atoms with van der Waals surface area (Å²) in [5, 5.41) is 12.1. The van der Waals surface area contributed by atoms with Crippen LogP contribution in [-0.2, 0) is 4.74 Å². The quantitative estimate of drug-likeness (QED) is 0.735. The zero-order valence-corrected chi connectivity index (χ0v) is 7.95. The molecule has 0 aliphatic heterocycles. The maximum absolute atomic E-state index is 9.08. The predicted octanol–water partition coefficient (Wildman–Crippen LogP) is 1.30. The second-order valence-electron chi connectivity index (χ2n) is 2.87. The lowest BCUT2D eigenvalue weighted by Gasteiger charge is -2.14. The summed E-state index contributed by atoms with van der Waals surface area (Å²) in [6, 6.07) is 7.05. The predicted molar refractivity (Wildman–Crippen MR) is 51.8 cm³/mol. The van der Waals surface area contributed by atoms with Crippen LogP contribution in [0.25, 0.3) is 0 Å². The molecule has 0 aliphatic carbocycles. The molecule has 0 aliphatic rings. The molecule has 0 bridgehead atoms. The zero-order valence-electron chi connectivity index (χ0n) is 7.95. The van der Waals surface area contributed by atoms with Crippen molar-refractivity contribution in [1.29, 1.82) is 0 Å². The first-order valence-electron chi connectivity index (χ1n) is 4.24. The number of phenols is 1. The molecule has 0 amide bonds. The van der Waals surface area contributed by atoms with Gasteiger partial charge >= 0.3 is 0 Å². The maximum atomic E-state index is 9.08. The molecule has 0 saturated heterocycles. The van der Waals surface area contributed by atoms with Crippen molar-refractivity contribution < 1.29 is 9.84 Å². The molecule has 0 radical (unpaired) electrons. The molecule has 0 unspecified atom stereocenters. The summed E-state index contributed by atoms with van der Waals surface area (Å²) in [6.45, 7) is 0.765. The Labute approximate surface area is 78.3 Å². The van der Waals surface area contributed by atoms with Gasteiger partial charge < -0.3 is 15.2 Å². The minimum atomic E-state index is 0.0469. The van der Waals surface area contributed by atoms with Crippen molar-refractivity contribution >= 4 is 0 Å². The summed E-state index contributed by atoms with van der Waals surface area (Å²) >= 11 is 0. The van der Waals surface area contributed by atoms with E-state index in [0.29, 0.717) is 0 Å². The minimum absolute atomic E-state index is 0.0469. The molecule has 1 aromatic rings. The Balaban J connectivity index is 2.73. The average molecular weight is 181 g/mol. The van der Waals surface area contributed by atoms with E-state index < -0.39 is 0 Å². The molecule has 13 heavy (non-hydrogen) atoms. The van der Waals surface area contributed by atoms with E-state index in [9.17, 15) is 0 Å². The number of nitrogens with one attached hydrogen (secondary N) is 1. The van der Waals surface area contributed by atoms with E-state index >= 15 is 0 Å². The third kappa shape index (κ3) is 2.72. The maximum Gasteiger partial charge on any atom is 0.115 e. The van der Waals surface area contributed by atoms with Gasteiger partial charge in [-0.1, -0.05) is 12.1 Å². The molecule has 1 aromatic carbocycles. The van der Waals surface area contributed by atoms with Crippen LogP contribution in [0, 0.1) is 0 Å². The summed E-state index contributed by atoms with van der Waals surface area (Å²) in [7, 11) is 3.56. The van der Waals surface area contributed by atoms with E-state index in [0.717, 1.165) is 12.1 Å². The molecular formula is C10H15NO2. The van der Waals surface area contributed by atoms with Crippen LogP contribution in [0.5, 0.6) is 5.75 Å². The Morgan fingerprint density at radius 1 is 1.38 bits per heavy atom. The molecular weight excluding hydrogens is 166 g/mol. The van der Waals surface area contributed by atoms with Crippen molar-refractivity contribution in [1.82, 2.24) is 5.32 Å². The number of likely N-dealkylation sites (N-methyl/N-ethyl adjacent to an activating group) is 1. The molecule has 3 nitrogen and oxygen atoms in total. The standard InChI is InChI=1S/C10H15NO2/c1-11-7-10(13-2)8-3-5-9(12)6-4-8/h3-6,10-12H,7H2,1-2H3/t10-/m0/s1. The lowest BCUT2D eigenvalue weighted by Crippen LogP contribution is -2.18. The number of ether oxygens (including phenoxy) is 1. The molecule has 1 atom stereocenters. The lowest BCUT2D eigenvalue weighted by molar-refractivity contribution is 0.104. The van der Waals surface area contributed by atoms with Gasteiger partial charge in [0.05, 0.1) is 6.10 Å². The van der Waals surface area contributed by atoms with Crippen LogP contribution in [0.15, 0.2) is 24.3 Å². The number of hydrogen-bond donors (Lipinski definition) is 2. The van der Waals surface area contributed by atoms with Crippen LogP contribution in [0.1, 0.15) is 11.7 Å². The molecule has 0 heterocycles. The first-order valence-corrected chi connectivity index (χ1v) is 4.24. The van der Waals surface area contributed by atoms with Crippen molar-refractivity contribution in [2.24, 2.45) is 0 Å². The van der Waals surface area contributed by atoms with Crippen LogP contribution in [0.4, 0.5) is 0 Å². The molecule has 0 aromatic heterocycles. The van der Waals surface area contributed by atoms with E-state index in [4.69, 9.17) is 9.84 Å². The highest BCUT2D eigenvalue weighted by molar-refractivity contribution is 5.27. The molecule has 2 N–H and O–H groups in total. The zero-order chi connectivity index (χ0) is 9.68. The highest BCUT2D eigenvalue weighted by Crippen LogP contribution is 2.18. The number of aromatic hydroxyl groups is 1. The van der Waals surface area contributed by atoms with E-state index in [-0.39, 0.29) is 11.9 Å². The van der Waals surface area contributed by atoms with Gasteiger partial charge in [-0.25, -0.2) is 0 Å². The number of rotatable bonds is 4. The SMILES string of the molecule is CNC[C@H](OC)c1ccc(O)cc1. The monoisotopic (exact) mass is 181 g/mol. The van der Waals surface area contributed by atoms with Gasteiger partial charge in [0.1, 0.15) is 5.75 Å². The van der Waals surface area contributed by atoms with Crippen LogP contribution >= 0.6 is 0 Å². The van der Waals surface area contributed by atoms with E-state index in [1.807, 2.05) is 19.2 Å². The van der Waals surface area contributed by atoms with E-state index in [1.165, 1.54) is 0 Å². The largest absolute Gasteiger partial charge is 0.508 e. The normalized spacial score (nSPS) is 12.8. The minimum Gasteiger partial charge on any atom is -0.508 e. The Bertz CT molecular complexity index is 246. The van der Waals surface area contributed by atoms with Crippen molar-refractivity contribution in [3.05, 3.63) is 29.8 Å². The number of benzene rings is 1. The topological polar surface area (TPSA) is 41.5 Å². The number of hydrogen-bond acceptors (Lipinski definition) is 3. The van der Waals surface area contributed by atoms with Gasteiger partial charge in [0.15, 0.2) is 0 Å². The van der Waals surface area contributed by atoms with E-state index in [2.05, 4.69) is 5.32 Å². The molecule has 72 valence electrons. The molecule has 1 rings (SSSR count). The third-order valence-corrected chi connectivity index (χ3v) is 1.94. The Kier molecular flexibility index (Phi) is 3.73. The third-order valence-electron chi connectivity index (χ3n) is 1.94. The first kappa shape index (κ1) is 10.0. The van der Waals surface area contributed by atoms with Gasteiger partial charge in [-0.15, -0.1) is 0 Å². The fourth-order valence-corrected chi connectivity index (χ4v) is 1.21. The fourth-order valence-electron chi connectivity index (χ4n) is 1.21. The van der Waals surface area contributed by atoms with Crippen molar-refractivity contribution in [3.63, 3.8) is 0 Å². The van der Waals surface area contributed by atoms with Crippen molar-refractivity contribution in [3.8, 4) is 5.75 Å². The summed E-state index contributed by atoms with van der Waals surface area (Å²) in [5.41, 5.74) is 1.06. The smallest absolute Gasteiger partial charge is 0.115 e. The van der Waals surface area contributed by atoms with Crippen LogP contribution in [-0.4, -0.2) is 25.8 Å². The van der Waals surface area contributed by atoms with Crippen molar-refractivity contribution in [2.75, 3.05) is 20.7 Å². The van der Waals surface area contributed by atoms with Gasteiger partial charge in [-0.3, -0.25) is 0 Å². The molecule has 0 fully saturated rings. The van der Waals surface area contributed by atoms with Gasteiger partial charge in [0.2, 0.25) is 0 Å². The Morgan fingerprint density at radius 2 is 2.00 bits per heavy atom. The van der Waals surface area contributed by atoms with Gasteiger partial charge in [0, 0.05) is 13.7 Å². The average Bonchev–Trinajstić information content (AvgIpc) is 2.16. The Morgan fingerprint density at radius 3 is 2.46 bits per heavy atom. The summed E-state index contributed by atoms with van der Waals surface area (Å²) in [6.07, 6.45) is 0.0469. The van der Waals surface area contributed by atoms with Gasteiger partial charge in [0.25, 0.3) is 0 Å². The highest BCUT2D eigenvalue weighted by atomic mass is 16.5. The summed E-state index contributed by atoms with van der Waals surface area (Å²) in [4.78, 5) is 0. The van der Waals surface area contributed by atoms with E-state index in [1.54, 1.807) is 19.2 Å². The van der Waals surface area contributed by atoms with Gasteiger partial charge in [-0.05, 0) is 24.7 Å². The summed E-state index contributed by atoms with van der Waals surface area (Å²) < 4.78 is 5.27. The number of methoxy groups -OCH3 is 1. The number of phenolic OH excluding ortho intramolecular Hbond substituents is 1. The summed E-state index contributed by atoms with van der Waals surface area (Å²) in [5.74, 6) is 0.281. The second-order valence-corrected chi connectivity index (χ2v) is 2.87. The Hall–Kier alpha value is -1.06. The van der Waals surface area contributed by atoms with Crippen LogP contribution in [0.2, 0.25) is 0 Å². The van der Waals surface area contributed by atoms with Crippen molar-refractivity contribution in [2.45, 2.75) is 6.10 Å². The highest BCUT2D eigenvalue weighted by Gasteiger charge is 2.08. The molecule has 3 heteroatoms. The van der Waals surface area contributed by atoms with Crippen LogP contribution < -0.4 is 5.32 Å². The fraction of sp³-hybridized carbons (Fsp3) is 0.400. The van der Waals surface area contributed by atoms with Gasteiger partial charge in [-0.2, -0.15) is 0 Å². The first-order chi connectivity index (χ1) is 6.27.